The number of anilines is 1. The van der Waals surface area contributed by atoms with E-state index in [0.29, 0.717) is 10.2 Å². The molecule has 2 heterocycles. The van der Waals surface area contributed by atoms with Crippen molar-refractivity contribution in [3.63, 3.8) is 0 Å². The van der Waals surface area contributed by atoms with Gasteiger partial charge in [-0.05, 0) is 42.8 Å². The molecule has 0 fully saturated rings. The summed E-state index contributed by atoms with van der Waals surface area (Å²) in [6.45, 7) is 2.02. The Hall–Kier alpha value is -2.23. The molecule has 2 aromatic heterocycles. The van der Waals surface area contributed by atoms with Gasteiger partial charge in [0.15, 0.2) is 5.76 Å². The molecule has 10 heteroatoms. The van der Waals surface area contributed by atoms with Crippen LogP contribution in [0.5, 0.6) is 0 Å². The van der Waals surface area contributed by atoms with Crippen molar-refractivity contribution >= 4 is 43.8 Å². The molecule has 3 aromatic rings. The predicted molar refractivity (Wildman–Crippen MR) is 97.5 cm³/mol. The van der Waals surface area contributed by atoms with E-state index in [9.17, 15) is 13.2 Å². The Morgan fingerprint density at radius 3 is 2.62 bits per heavy atom. The van der Waals surface area contributed by atoms with Gasteiger partial charge in [-0.3, -0.25) is 10.1 Å². The van der Waals surface area contributed by atoms with Crippen LogP contribution >= 0.6 is 22.9 Å². The highest BCUT2D eigenvalue weighted by Crippen LogP contribution is 2.25. The second-order valence-electron chi connectivity index (χ2n) is 5.28. The highest BCUT2D eigenvalue weighted by Gasteiger charge is 2.24. The molecule has 1 aromatic carbocycles. The third-order valence-electron chi connectivity index (χ3n) is 3.35. The minimum atomic E-state index is -3.88. The molecule has 1 amide bonds. The summed E-state index contributed by atoms with van der Waals surface area (Å²) in [4.78, 5) is 12.2. The number of sulfone groups is 1. The molecule has 0 aliphatic carbocycles. The average molecular weight is 412 g/mol. The molecule has 26 heavy (non-hydrogen) atoms. The second kappa shape index (κ2) is 7.56. The number of carbonyl (C=O) groups excluding carboxylic acids is 1. The number of carbonyl (C=O) groups is 1. The Bertz CT molecular complexity index is 1030. The van der Waals surface area contributed by atoms with Crippen molar-refractivity contribution in [2.24, 2.45) is 0 Å². The van der Waals surface area contributed by atoms with Crippen molar-refractivity contribution in [1.29, 1.82) is 0 Å². The van der Waals surface area contributed by atoms with Gasteiger partial charge >= 0.3 is 0 Å². The Balaban J connectivity index is 1.78. The molecular weight excluding hydrogens is 398 g/mol. The fraction of sp³-hybridized carbons (Fsp3) is 0.188. The zero-order chi connectivity index (χ0) is 18.7. The van der Waals surface area contributed by atoms with E-state index >= 15 is 0 Å². The van der Waals surface area contributed by atoms with Crippen molar-refractivity contribution in [2.75, 3.05) is 5.32 Å². The Morgan fingerprint density at radius 2 is 1.92 bits per heavy atom. The predicted octanol–water partition coefficient (Wildman–Crippen LogP) is 3.82. The number of aryl methyl sites for hydroxylation is 1. The summed E-state index contributed by atoms with van der Waals surface area (Å²) < 4.78 is 30.3. The maximum Gasteiger partial charge on any atom is 0.293 e. The highest BCUT2D eigenvalue weighted by atomic mass is 35.5. The van der Waals surface area contributed by atoms with Crippen molar-refractivity contribution in [1.82, 2.24) is 10.2 Å². The largest absolute Gasteiger partial charge is 0.439 e. The summed E-state index contributed by atoms with van der Waals surface area (Å²) >= 11 is 7.04. The van der Waals surface area contributed by atoms with Gasteiger partial charge in [-0.1, -0.05) is 29.9 Å². The van der Waals surface area contributed by atoms with Crippen molar-refractivity contribution in [3.05, 3.63) is 52.2 Å². The van der Waals surface area contributed by atoms with E-state index < -0.39 is 15.7 Å². The summed E-state index contributed by atoms with van der Waals surface area (Å²) in [7, 11) is -3.88. The van der Waals surface area contributed by atoms with Gasteiger partial charge in [-0.15, -0.1) is 10.2 Å². The number of nitrogens with zero attached hydrogens (tertiary/aromatic N) is 2. The van der Waals surface area contributed by atoms with Gasteiger partial charge < -0.3 is 4.42 Å². The number of hydrogen-bond donors (Lipinski definition) is 1. The average Bonchev–Trinajstić information content (AvgIpc) is 3.25. The van der Waals surface area contributed by atoms with Gasteiger partial charge in [-0.2, -0.15) is 0 Å². The van der Waals surface area contributed by atoms with E-state index in [0.717, 1.165) is 17.8 Å². The van der Waals surface area contributed by atoms with Gasteiger partial charge in [0.25, 0.3) is 5.91 Å². The van der Waals surface area contributed by atoms with Crippen molar-refractivity contribution in [3.8, 4) is 0 Å². The van der Waals surface area contributed by atoms with Crippen molar-refractivity contribution in [2.45, 2.75) is 29.8 Å². The summed E-state index contributed by atoms with van der Waals surface area (Å²) in [6, 6.07) is 8.21. The molecule has 0 aliphatic heterocycles. The van der Waals surface area contributed by atoms with E-state index in [2.05, 4.69) is 15.5 Å². The lowest BCUT2D eigenvalue weighted by Gasteiger charge is -2.01. The number of hydrogen-bond acceptors (Lipinski definition) is 7. The molecule has 0 atom stereocenters. The lowest BCUT2D eigenvalue weighted by atomic mass is 10.4. The van der Waals surface area contributed by atoms with Gasteiger partial charge in [0.05, 0.1) is 4.90 Å². The molecule has 0 radical (unpaired) electrons. The van der Waals surface area contributed by atoms with Crippen LogP contribution in [-0.2, 0) is 16.3 Å². The first kappa shape index (κ1) is 18.6. The topological polar surface area (TPSA) is 102 Å². The van der Waals surface area contributed by atoms with Gasteiger partial charge in [0.1, 0.15) is 5.01 Å². The Labute approximate surface area is 158 Å². The second-order valence-corrected chi connectivity index (χ2v) is 8.66. The summed E-state index contributed by atoms with van der Waals surface area (Å²) in [5.74, 6) is -0.730. The Morgan fingerprint density at radius 1 is 1.19 bits per heavy atom. The molecule has 7 nitrogen and oxygen atoms in total. The number of halogens is 1. The standard InChI is InChI=1S/C16H14ClN3O4S2/c1-2-3-13-19-20-16(25-13)18-15(21)12-8-9-14(24-12)26(22,23)11-6-4-10(17)5-7-11/h4-9H,2-3H2,1H3,(H,18,20,21). The zero-order valence-corrected chi connectivity index (χ0v) is 16.0. The fourth-order valence-electron chi connectivity index (χ4n) is 2.09. The zero-order valence-electron chi connectivity index (χ0n) is 13.6. The third-order valence-corrected chi connectivity index (χ3v) is 6.14. The highest BCUT2D eigenvalue weighted by molar-refractivity contribution is 7.91. The first-order chi connectivity index (χ1) is 12.4. The summed E-state index contributed by atoms with van der Waals surface area (Å²) in [6.07, 6.45) is 1.70. The van der Waals surface area contributed by atoms with Crippen LogP contribution in [0.4, 0.5) is 5.13 Å². The van der Waals surface area contributed by atoms with E-state index in [4.69, 9.17) is 16.0 Å². The number of aromatic nitrogens is 2. The van der Waals surface area contributed by atoms with Crippen LogP contribution in [0.2, 0.25) is 5.02 Å². The Kier molecular flexibility index (Phi) is 5.40. The minimum Gasteiger partial charge on any atom is -0.439 e. The molecule has 3 rings (SSSR count). The normalized spacial score (nSPS) is 11.5. The first-order valence-electron chi connectivity index (χ1n) is 7.64. The summed E-state index contributed by atoms with van der Waals surface area (Å²) in [5, 5.41) is 11.6. The lowest BCUT2D eigenvalue weighted by molar-refractivity contribution is 0.0991. The van der Waals surface area contributed by atoms with Crippen molar-refractivity contribution < 1.29 is 17.6 Å². The molecule has 0 unspecified atom stereocenters. The number of rotatable bonds is 6. The number of benzene rings is 1. The van der Waals surface area contributed by atoms with Crippen LogP contribution in [0.15, 0.2) is 50.8 Å². The van der Waals surface area contributed by atoms with Crippen LogP contribution in [0.25, 0.3) is 0 Å². The van der Waals surface area contributed by atoms with Crippen LogP contribution in [0.3, 0.4) is 0 Å². The molecule has 1 N–H and O–H groups in total. The van der Waals surface area contributed by atoms with E-state index in [-0.39, 0.29) is 15.7 Å². The first-order valence-corrected chi connectivity index (χ1v) is 10.3. The van der Waals surface area contributed by atoms with Crippen LogP contribution < -0.4 is 5.32 Å². The quantitative estimate of drug-likeness (QED) is 0.661. The number of nitrogens with one attached hydrogen (secondary N) is 1. The van der Waals surface area contributed by atoms with Crippen LogP contribution in [-0.4, -0.2) is 24.5 Å². The van der Waals surface area contributed by atoms with Gasteiger partial charge in [0.2, 0.25) is 20.1 Å². The minimum absolute atomic E-state index is 0.0246. The molecule has 0 bridgehead atoms. The van der Waals surface area contributed by atoms with E-state index in [1.165, 1.54) is 47.7 Å². The molecule has 0 saturated carbocycles. The molecule has 0 saturated heterocycles. The lowest BCUT2D eigenvalue weighted by Crippen LogP contribution is -2.10. The van der Waals surface area contributed by atoms with Gasteiger partial charge in [0, 0.05) is 11.4 Å². The smallest absolute Gasteiger partial charge is 0.293 e. The van der Waals surface area contributed by atoms with E-state index in [1.807, 2.05) is 6.92 Å². The molecular formula is C16H14ClN3O4S2. The number of furan rings is 1. The maximum atomic E-state index is 12.5. The third kappa shape index (κ3) is 3.95. The fourth-order valence-corrected chi connectivity index (χ4v) is 4.23. The molecule has 0 aliphatic rings. The number of amides is 1. The van der Waals surface area contributed by atoms with Crippen LogP contribution in [0, 0.1) is 0 Å². The van der Waals surface area contributed by atoms with Crippen LogP contribution in [0.1, 0.15) is 28.9 Å². The monoisotopic (exact) mass is 411 g/mol. The molecule has 0 spiro atoms. The molecule has 136 valence electrons. The maximum absolute atomic E-state index is 12.5. The summed E-state index contributed by atoms with van der Waals surface area (Å²) in [5.41, 5.74) is 0. The SMILES string of the molecule is CCCc1nnc(NC(=O)c2ccc(S(=O)(=O)c3ccc(Cl)cc3)o2)s1. The van der Waals surface area contributed by atoms with E-state index in [1.54, 1.807) is 0 Å². The van der Waals surface area contributed by atoms with Gasteiger partial charge in [-0.25, -0.2) is 8.42 Å².